The number of ether oxygens (including phenoxy) is 2. The molecule has 0 radical (unpaired) electrons. The summed E-state index contributed by atoms with van der Waals surface area (Å²) in [6.45, 7) is 1.34. The van der Waals surface area contributed by atoms with Gasteiger partial charge in [-0.15, -0.1) is 0 Å². The van der Waals surface area contributed by atoms with E-state index in [1.54, 1.807) is 24.3 Å². The first kappa shape index (κ1) is 14.8. The molecule has 0 atom stereocenters. The van der Waals surface area contributed by atoms with Crippen LogP contribution in [0, 0.1) is 0 Å². The van der Waals surface area contributed by atoms with Crippen LogP contribution in [-0.4, -0.2) is 31.1 Å². The van der Waals surface area contributed by atoms with E-state index >= 15 is 0 Å². The minimum atomic E-state index is -1.04. The number of carbonyl (C=O) groups is 2. The number of aliphatic carboxylic acids is 1. The van der Waals surface area contributed by atoms with Crippen molar-refractivity contribution in [2.45, 2.75) is 13.3 Å². The van der Waals surface area contributed by atoms with Gasteiger partial charge in [0, 0.05) is 5.57 Å². The average Bonchev–Trinajstić information content (AvgIpc) is 2.37. The van der Waals surface area contributed by atoms with Crippen molar-refractivity contribution in [1.82, 2.24) is 0 Å². The molecule has 0 bridgehead atoms. The summed E-state index contributed by atoms with van der Waals surface area (Å²) < 4.78 is 10.2. The second-order valence-corrected chi connectivity index (χ2v) is 3.91. The molecule has 0 heterocycles. The molecule has 1 N–H and O–H groups in total. The normalized spacial score (nSPS) is 11.0. The first-order valence-corrected chi connectivity index (χ1v) is 5.63. The quantitative estimate of drug-likeness (QED) is 0.797. The van der Waals surface area contributed by atoms with Crippen LogP contribution in [0.3, 0.4) is 0 Å². The summed E-state index contributed by atoms with van der Waals surface area (Å²) in [5.74, 6) is -0.212. The number of hydrogen-bond donors (Lipinski definition) is 1. The monoisotopic (exact) mass is 264 g/mol. The molecular weight excluding hydrogens is 248 g/mol. The second kappa shape index (κ2) is 6.58. The Hall–Kier alpha value is -2.30. The van der Waals surface area contributed by atoms with Crippen LogP contribution >= 0.6 is 0 Å². The van der Waals surface area contributed by atoms with Crippen LogP contribution in [0.2, 0.25) is 0 Å². The van der Waals surface area contributed by atoms with Crippen LogP contribution in [-0.2, 0) is 9.59 Å². The molecule has 102 valence electrons. The molecule has 0 amide bonds. The fraction of sp³-hybridized carbons (Fsp3) is 0.286. The van der Waals surface area contributed by atoms with Crippen LogP contribution in [0.4, 0.5) is 0 Å². The standard InChI is InChI=1S/C14H16O5/c1-9(15)11(8-14(16)17)6-10-4-5-12(18-2)13(7-10)19-3/h4-7H,8H2,1-3H3,(H,16,17). The van der Waals surface area contributed by atoms with Crippen LogP contribution in [0.25, 0.3) is 6.08 Å². The first-order valence-electron chi connectivity index (χ1n) is 5.63. The van der Waals surface area contributed by atoms with Gasteiger partial charge < -0.3 is 14.6 Å². The summed E-state index contributed by atoms with van der Waals surface area (Å²) in [5.41, 5.74) is 0.920. The second-order valence-electron chi connectivity index (χ2n) is 3.91. The SMILES string of the molecule is COc1ccc(C=C(CC(=O)O)C(C)=O)cc1OC. The van der Waals surface area contributed by atoms with Gasteiger partial charge in [0.05, 0.1) is 20.6 Å². The molecule has 0 aliphatic carbocycles. The van der Waals surface area contributed by atoms with E-state index in [1.165, 1.54) is 21.1 Å². The Bertz CT molecular complexity index is 517. The van der Waals surface area contributed by atoms with Gasteiger partial charge in [0.2, 0.25) is 0 Å². The number of ketones is 1. The van der Waals surface area contributed by atoms with Crippen LogP contribution in [0.1, 0.15) is 18.9 Å². The summed E-state index contributed by atoms with van der Waals surface area (Å²) in [6.07, 6.45) is 1.24. The Balaban J connectivity index is 3.14. The van der Waals surface area contributed by atoms with Gasteiger partial charge in [-0.05, 0) is 30.7 Å². The molecule has 0 aliphatic heterocycles. The topological polar surface area (TPSA) is 72.8 Å². The average molecular weight is 264 g/mol. The van der Waals surface area contributed by atoms with Gasteiger partial charge in [-0.25, -0.2) is 0 Å². The van der Waals surface area contributed by atoms with Crippen molar-refractivity contribution in [3.05, 3.63) is 29.3 Å². The largest absolute Gasteiger partial charge is 0.493 e. The maximum Gasteiger partial charge on any atom is 0.307 e. The Labute approximate surface area is 111 Å². The van der Waals surface area contributed by atoms with E-state index in [-0.39, 0.29) is 17.8 Å². The van der Waals surface area contributed by atoms with Crippen molar-refractivity contribution in [3.8, 4) is 11.5 Å². The van der Waals surface area contributed by atoms with Crippen molar-refractivity contribution in [2.75, 3.05) is 14.2 Å². The zero-order valence-electron chi connectivity index (χ0n) is 11.1. The van der Waals surface area contributed by atoms with E-state index < -0.39 is 5.97 Å². The highest BCUT2D eigenvalue weighted by molar-refractivity contribution is 6.01. The summed E-state index contributed by atoms with van der Waals surface area (Å²) in [7, 11) is 3.03. The maximum absolute atomic E-state index is 11.4. The molecule has 0 fully saturated rings. The van der Waals surface area contributed by atoms with Crippen LogP contribution in [0.15, 0.2) is 23.8 Å². The Morgan fingerprint density at radius 1 is 1.21 bits per heavy atom. The van der Waals surface area contributed by atoms with Gasteiger partial charge in [0.1, 0.15) is 0 Å². The van der Waals surface area contributed by atoms with Crippen molar-refractivity contribution >= 4 is 17.8 Å². The Kier molecular flexibility index (Phi) is 5.11. The molecule has 0 spiro atoms. The molecule has 1 aromatic carbocycles. The molecule has 0 saturated carbocycles. The molecule has 5 heteroatoms. The zero-order chi connectivity index (χ0) is 14.4. The van der Waals surface area contributed by atoms with Gasteiger partial charge in [0.25, 0.3) is 0 Å². The summed E-state index contributed by atoms with van der Waals surface area (Å²) >= 11 is 0. The van der Waals surface area contributed by atoms with E-state index in [2.05, 4.69) is 0 Å². The molecule has 1 rings (SSSR count). The lowest BCUT2D eigenvalue weighted by atomic mass is 10.0. The third kappa shape index (κ3) is 4.13. The summed E-state index contributed by atoms with van der Waals surface area (Å²) in [4.78, 5) is 22.1. The highest BCUT2D eigenvalue weighted by Gasteiger charge is 2.10. The van der Waals surface area contributed by atoms with E-state index in [1.807, 2.05) is 0 Å². The number of Topliss-reactive ketones (excluding diaryl/α,β-unsaturated/α-hetero) is 1. The van der Waals surface area contributed by atoms with Gasteiger partial charge in [-0.2, -0.15) is 0 Å². The Morgan fingerprint density at radius 3 is 2.32 bits per heavy atom. The predicted molar refractivity (Wildman–Crippen MR) is 70.5 cm³/mol. The van der Waals surface area contributed by atoms with Crippen molar-refractivity contribution < 1.29 is 24.2 Å². The molecule has 5 nitrogen and oxygen atoms in total. The van der Waals surface area contributed by atoms with Crippen LogP contribution < -0.4 is 9.47 Å². The first-order chi connectivity index (χ1) is 8.97. The Morgan fingerprint density at radius 2 is 1.84 bits per heavy atom. The molecule has 19 heavy (non-hydrogen) atoms. The third-order valence-electron chi connectivity index (χ3n) is 2.54. The van der Waals surface area contributed by atoms with E-state index in [4.69, 9.17) is 14.6 Å². The lowest BCUT2D eigenvalue weighted by Gasteiger charge is -2.08. The minimum Gasteiger partial charge on any atom is -0.493 e. The van der Waals surface area contributed by atoms with Crippen LogP contribution in [0.5, 0.6) is 11.5 Å². The lowest BCUT2D eigenvalue weighted by molar-refractivity contribution is -0.136. The number of carboxylic acid groups (broad SMARTS) is 1. The number of rotatable bonds is 6. The highest BCUT2D eigenvalue weighted by atomic mass is 16.5. The number of hydrogen-bond acceptors (Lipinski definition) is 4. The van der Waals surface area contributed by atoms with Gasteiger partial charge in [0.15, 0.2) is 17.3 Å². The third-order valence-corrected chi connectivity index (χ3v) is 2.54. The maximum atomic E-state index is 11.4. The van der Waals surface area contributed by atoms with Gasteiger partial charge >= 0.3 is 5.97 Å². The van der Waals surface area contributed by atoms with E-state index in [0.29, 0.717) is 17.1 Å². The lowest BCUT2D eigenvalue weighted by Crippen LogP contribution is -2.04. The van der Waals surface area contributed by atoms with Crippen molar-refractivity contribution in [1.29, 1.82) is 0 Å². The van der Waals surface area contributed by atoms with Gasteiger partial charge in [-0.1, -0.05) is 6.07 Å². The molecule has 1 aromatic rings. The molecule has 0 saturated heterocycles. The number of methoxy groups -OCH3 is 2. The zero-order valence-corrected chi connectivity index (χ0v) is 11.1. The van der Waals surface area contributed by atoms with E-state index in [9.17, 15) is 9.59 Å². The van der Waals surface area contributed by atoms with Crippen molar-refractivity contribution in [2.24, 2.45) is 0 Å². The number of carbonyl (C=O) groups excluding carboxylic acids is 1. The minimum absolute atomic E-state index is 0.236. The molecule has 0 aromatic heterocycles. The highest BCUT2D eigenvalue weighted by Crippen LogP contribution is 2.28. The van der Waals surface area contributed by atoms with Gasteiger partial charge in [-0.3, -0.25) is 9.59 Å². The fourth-order valence-electron chi connectivity index (χ4n) is 1.58. The van der Waals surface area contributed by atoms with Crippen molar-refractivity contribution in [3.63, 3.8) is 0 Å². The number of carboxylic acids is 1. The van der Waals surface area contributed by atoms with E-state index in [0.717, 1.165) is 0 Å². The fourth-order valence-corrected chi connectivity index (χ4v) is 1.58. The summed E-state index contributed by atoms with van der Waals surface area (Å²) in [5, 5.41) is 8.76. The smallest absolute Gasteiger partial charge is 0.307 e. The number of benzene rings is 1. The molecule has 0 aliphatic rings. The summed E-state index contributed by atoms with van der Waals surface area (Å²) in [6, 6.07) is 5.11. The predicted octanol–water partition coefficient (Wildman–Crippen LogP) is 2.15. The molecular formula is C14H16O5. The molecule has 0 unspecified atom stereocenters.